The quantitative estimate of drug-likeness (QED) is 0.927. The summed E-state index contributed by atoms with van der Waals surface area (Å²) in [6.45, 7) is 1.98. The molecule has 1 saturated heterocycles. The molecule has 5 nitrogen and oxygen atoms in total. The Balaban J connectivity index is 1.74. The zero-order chi connectivity index (χ0) is 14.7. The fourth-order valence-electron chi connectivity index (χ4n) is 2.32. The van der Waals surface area contributed by atoms with Gasteiger partial charge in [-0.3, -0.25) is 4.79 Å². The van der Waals surface area contributed by atoms with Crippen LogP contribution in [0.5, 0.6) is 0 Å². The number of aromatic nitrogens is 2. The van der Waals surface area contributed by atoms with Gasteiger partial charge in [-0.15, -0.1) is 0 Å². The molecule has 3 rings (SSSR count). The largest absolute Gasteiger partial charge is 0.357 e. The number of rotatable bonds is 3. The van der Waals surface area contributed by atoms with Crippen molar-refractivity contribution in [3.05, 3.63) is 46.8 Å². The van der Waals surface area contributed by atoms with Gasteiger partial charge in [0.1, 0.15) is 17.8 Å². The van der Waals surface area contributed by atoms with Crippen molar-refractivity contribution in [1.29, 1.82) is 0 Å². The highest BCUT2D eigenvalue weighted by Gasteiger charge is 2.16. The van der Waals surface area contributed by atoms with Crippen LogP contribution in [0, 0.1) is 0 Å². The first kappa shape index (κ1) is 14.0. The van der Waals surface area contributed by atoms with Gasteiger partial charge in [-0.2, -0.15) is 0 Å². The lowest BCUT2D eigenvalue weighted by atomic mass is 10.3. The first-order valence-corrected chi connectivity index (χ1v) is 7.65. The lowest BCUT2D eigenvalue weighted by molar-refractivity contribution is 0.102. The molecule has 2 aromatic rings. The Labute approximate surface area is 131 Å². The summed E-state index contributed by atoms with van der Waals surface area (Å²) in [5.74, 6) is 0.601. The summed E-state index contributed by atoms with van der Waals surface area (Å²) in [5, 5.41) is 2.83. The van der Waals surface area contributed by atoms with Crippen LogP contribution in [0.1, 0.15) is 23.3 Å². The van der Waals surface area contributed by atoms with Crippen molar-refractivity contribution in [2.24, 2.45) is 0 Å². The van der Waals surface area contributed by atoms with E-state index in [1.807, 2.05) is 24.3 Å². The third-order valence-corrected chi connectivity index (χ3v) is 3.95. The second-order valence-corrected chi connectivity index (χ2v) is 5.83. The normalized spacial score (nSPS) is 14.2. The Morgan fingerprint density at radius 2 is 1.86 bits per heavy atom. The minimum atomic E-state index is -0.222. The van der Waals surface area contributed by atoms with Crippen molar-refractivity contribution in [3.63, 3.8) is 0 Å². The van der Waals surface area contributed by atoms with Crippen molar-refractivity contribution >= 4 is 33.3 Å². The molecule has 1 aliphatic heterocycles. The number of halogens is 1. The van der Waals surface area contributed by atoms with Gasteiger partial charge < -0.3 is 10.2 Å². The van der Waals surface area contributed by atoms with E-state index in [1.54, 1.807) is 6.07 Å². The van der Waals surface area contributed by atoms with E-state index in [2.05, 4.69) is 36.1 Å². The van der Waals surface area contributed by atoms with Crippen molar-refractivity contribution in [3.8, 4) is 0 Å². The molecule has 1 N–H and O–H groups in total. The van der Waals surface area contributed by atoms with Crippen LogP contribution in [-0.4, -0.2) is 29.0 Å². The minimum Gasteiger partial charge on any atom is -0.357 e. The SMILES string of the molecule is O=C(Nc1ccc(Br)cc1)c1cc(N2CCCC2)ncn1. The molecule has 0 radical (unpaired) electrons. The smallest absolute Gasteiger partial charge is 0.274 e. The van der Waals surface area contributed by atoms with E-state index < -0.39 is 0 Å². The molecule has 1 aromatic heterocycles. The van der Waals surface area contributed by atoms with Crippen LogP contribution in [0.15, 0.2) is 41.1 Å². The number of hydrogen-bond donors (Lipinski definition) is 1. The topological polar surface area (TPSA) is 58.1 Å². The number of anilines is 2. The van der Waals surface area contributed by atoms with Gasteiger partial charge in [-0.05, 0) is 37.1 Å². The standard InChI is InChI=1S/C15H15BrN4O/c16-11-3-5-12(6-4-11)19-15(21)13-9-14(18-10-17-13)20-7-1-2-8-20/h3-6,9-10H,1-2,7-8H2,(H,19,21). The summed E-state index contributed by atoms with van der Waals surface area (Å²) in [7, 11) is 0. The van der Waals surface area contributed by atoms with Crippen LogP contribution in [0.25, 0.3) is 0 Å². The van der Waals surface area contributed by atoms with Gasteiger partial charge in [-0.1, -0.05) is 15.9 Å². The van der Waals surface area contributed by atoms with Crippen molar-refractivity contribution in [2.45, 2.75) is 12.8 Å². The van der Waals surface area contributed by atoms with E-state index >= 15 is 0 Å². The average molecular weight is 347 g/mol. The molecule has 0 saturated carbocycles. The predicted octanol–water partition coefficient (Wildman–Crippen LogP) is 3.09. The van der Waals surface area contributed by atoms with Crippen LogP contribution >= 0.6 is 15.9 Å². The molecule has 0 spiro atoms. The van der Waals surface area contributed by atoms with E-state index in [9.17, 15) is 4.79 Å². The zero-order valence-electron chi connectivity index (χ0n) is 11.4. The van der Waals surface area contributed by atoms with Gasteiger partial charge in [0.15, 0.2) is 0 Å². The van der Waals surface area contributed by atoms with Crippen molar-refractivity contribution in [2.75, 3.05) is 23.3 Å². The first-order valence-electron chi connectivity index (χ1n) is 6.86. The van der Waals surface area contributed by atoms with Crippen LogP contribution < -0.4 is 10.2 Å². The Morgan fingerprint density at radius 3 is 2.57 bits per heavy atom. The molecule has 6 heteroatoms. The highest BCUT2D eigenvalue weighted by molar-refractivity contribution is 9.10. The highest BCUT2D eigenvalue weighted by Crippen LogP contribution is 2.19. The second kappa shape index (κ2) is 6.22. The molecule has 108 valence electrons. The van der Waals surface area contributed by atoms with E-state index in [1.165, 1.54) is 19.2 Å². The molecule has 1 amide bonds. The molecule has 1 aliphatic rings. The van der Waals surface area contributed by atoms with Crippen LogP contribution in [0.3, 0.4) is 0 Å². The van der Waals surface area contributed by atoms with Crippen LogP contribution in [-0.2, 0) is 0 Å². The average Bonchev–Trinajstić information content (AvgIpc) is 3.04. The fourth-order valence-corrected chi connectivity index (χ4v) is 2.58. The monoisotopic (exact) mass is 346 g/mol. The van der Waals surface area contributed by atoms with Gasteiger partial charge in [0.2, 0.25) is 0 Å². The third-order valence-electron chi connectivity index (χ3n) is 3.42. The summed E-state index contributed by atoms with van der Waals surface area (Å²) >= 11 is 3.36. The third kappa shape index (κ3) is 3.39. The predicted molar refractivity (Wildman–Crippen MR) is 85.6 cm³/mol. The number of benzene rings is 1. The Morgan fingerprint density at radius 1 is 1.14 bits per heavy atom. The maximum absolute atomic E-state index is 12.2. The number of carbonyl (C=O) groups is 1. The molecule has 21 heavy (non-hydrogen) atoms. The molecule has 0 bridgehead atoms. The van der Waals surface area contributed by atoms with E-state index in [4.69, 9.17) is 0 Å². The highest BCUT2D eigenvalue weighted by atomic mass is 79.9. The van der Waals surface area contributed by atoms with Crippen LogP contribution in [0.2, 0.25) is 0 Å². The number of nitrogens with one attached hydrogen (secondary N) is 1. The molecule has 0 atom stereocenters. The van der Waals surface area contributed by atoms with Gasteiger partial charge in [0.25, 0.3) is 5.91 Å². The van der Waals surface area contributed by atoms with Crippen molar-refractivity contribution in [1.82, 2.24) is 9.97 Å². The number of carbonyl (C=O) groups excluding carboxylic acids is 1. The minimum absolute atomic E-state index is 0.222. The van der Waals surface area contributed by atoms with Gasteiger partial charge in [0, 0.05) is 29.3 Å². The van der Waals surface area contributed by atoms with Gasteiger partial charge in [0.05, 0.1) is 0 Å². The summed E-state index contributed by atoms with van der Waals surface area (Å²) in [4.78, 5) is 22.7. The molecule has 0 aliphatic carbocycles. The molecule has 2 heterocycles. The summed E-state index contributed by atoms with van der Waals surface area (Å²) in [6, 6.07) is 9.19. The Hall–Kier alpha value is -1.95. The summed E-state index contributed by atoms with van der Waals surface area (Å²) < 4.78 is 0.971. The first-order chi connectivity index (χ1) is 10.2. The lowest BCUT2D eigenvalue weighted by Gasteiger charge is -2.16. The maximum atomic E-state index is 12.2. The number of amides is 1. The molecular formula is C15H15BrN4O. The molecule has 0 unspecified atom stereocenters. The summed E-state index contributed by atoms with van der Waals surface area (Å²) in [6.07, 6.45) is 3.79. The zero-order valence-corrected chi connectivity index (χ0v) is 13.0. The molecular weight excluding hydrogens is 332 g/mol. The van der Waals surface area contributed by atoms with E-state index in [0.717, 1.165) is 29.1 Å². The second-order valence-electron chi connectivity index (χ2n) is 4.92. The van der Waals surface area contributed by atoms with E-state index in [0.29, 0.717) is 5.69 Å². The lowest BCUT2D eigenvalue weighted by Crippen LogP contribution is -2.21. The Kier molecular flexibility index (Phi) is 4.15. The van der Waals surface area contributed by atoms with Crippen molar-refractivity contribution < 1.29 is 4.79 Å². The van der Waals surface area contributed by atoms with Crippen LogP contribution in [0.4, 0.5) is 11.5 Å². The maximum Gasteiger partial charge on any atom is 0.274 e. The molecule has 1 aromatic carbocycles. The van der Waals surface area contributed by atoms with Gasteiger partial charge >= 0.3 is 0 Å². The number of hydrogen-bond acceptors (Lipinski definition) is 4. The summed E-state index contributed by atoms with van der Waals surface area (Å²) in [5.41, 5.74) is 1.12. The fraction of sp³-hybridized carbons (Fsp3) is 0.267. The molecule has 1 fully saturated rings. The number of nitrogens with zero attached hydrogens (tertiary/aromatic N) is 3. The van der Waals surface area contributed by atoms with Gasteiger partial charge in [-0.25, -0.2) is 9.97 Å². The van der Waals surface area contributed by atoms with E-state index in [-0.39, 0.29) is 5.91 Å². The Bertz CT molecular complexity index is 638.